The van der Waals surface area contributed by atoms with E-state index < -0.39 is 0 Å². The highest BCUT2D eigenvalue weighted by Crippen LogP contribution is 2.06. The van der Waals surface area contributed by atoms with Crippen LogP contribution in [0.5, 0.6) is 0 Å². The molecule has 0 fully saturated rings. The summed E-state index contributed by atoms with van der Waals surface area (Å²) in [6.07, 6.45) is 13.5. The van der Waals surface area contributed by atoms with Gasteiger partial charge in [-0.2, -0.15) is 0 Å². The van der Waals surface area contributed by atoms with E-state index >= 15 is 0 Å². The zero-order valence-corrected chi connectivity index (χ0v) is 10.1. The molecule has 14 heavy (non-hydrogen) atoms. The van der Waals surface area contributed by atoms with Gasteiger partial charge in [0, 0.05) is 11.6 Å². The monoisotopic (exact) mass is 215 g/mol. The van der Waals surface area contributed by atoms with E-state index in [1.165, 1.54) is 49.1 Å². The highest BCUT2D eigenvalue weighted by atomic mass is 35.5. The molecule has 1 N–H and O–H groups in total. The molecule has 1 aliphatic heterocycles. The summed E-state index contributed by atoms with van der Waals surface area (Å²) < 4.78 is 0. The number of rotatable bonds is 6. The summed E-state index contributed by atoms with van der Waals surface area (Å²) in [6.45, 7) is 5.77. The van der Waals surface area contributed by atoms with E-state index in [1.54, 1.807) is 0 Å². The molecule has 0 aromatic rings. The first kappa shape index (κ1) is 13.7. The summed E-state index contributed by atoms with van der Waals surface area (Å²) in [5, 5.41) is 0. The lowest BCUT2D eigenvalue weighted by Crippen LogP contribution is -3.01. The Bertz CT molecular complexity index is 196. The summed E-state index contributed by atoms with van der Waals surface area (Å²) in [4.78, 5) is 1.54. The fraction of sp³-hybridized carbons (Fsp3) is 0.667. The van der Waals surface area contributed by atoms with Crippen molar-refractivity contribution in [2.45, 2.75) is 46.0 Å². The average molecular weight is 216 g/mol. The first-order valence-corrected chi connectivity index (χ1v) is 5.61. The SMILES string of the molecule is CCCCC[NH+]1C=CC(CCC)=C1.[Cl-]. The molecule has 0 aromatic carbocycles. The minimum atomic E-state index is 0. The maximum absolute atomic E-state index is 2.37. The zero-order valence-electron chi connectivity index (χ0n) is 9.35. The van der Waals surface area contributed by atoms with Crippen molar-refractivity contribution in [2.24, 2.45) is 0 Å². The van der Waals surface area contributed by atoms with Gasteiger partial charge in [-0.25, -0.2) is 0 Å². The van der Waals surface area contributed by atoms with Crippen LogP contribution in [0.2, 0.25) is 0 Å². The number of unbranched alkanes of at least 4 members (excludes halogenated alkanes) is 2. The van der Waals surface area contributed by atoms with E-state index in [4.69, 9.17) is 0 Å². The van der Waals surface area contributed by atoms with Crippen LogP contribution in [-0.2, 0) is 0 Å². The average Bonchev–Trinajstić information content (AvgIpc) is 2.54. The molecule has 0 saturated heterocycles. The Morgan fingerprint density at radius 3 is 2.57 bits per heavy atom. The van der Waals surface area contributed by atoms with Gasteiger partial charge >= 0.3 is 0 Å². The van der Waals surface area contributed by atoms with Gasteiger partial charge in [0.15, 0.2) is 0 Å². The Kier molecular flexibility index (Phi) is 7.92. The summed E-state index contributed by atoms with van der Waals surface area (Å²) in [5.41, 5.74) is 1.52. The van der Waals surface area contributed by atoms with Crippen molar-refractivity contribution < 1.29 is 17.3 Å². The van der Waals surface area contributed by atoms with Gasteiger partial charge < -0.3 is 12.4 Å². The fourth-order valence-electron chi connectivity index (χ4n) is 1.73. The van der Waals surface area contributed by atoms with Gasteiger partial charge in [-0.1, -0.05) is 26.7 Å². The minimum absolute atomic E-state index is 0. The molecule has 0 radical (unpaired) electrons. The number of halogens is 1. The van der Waals surface area contributed by atoms with Crippen molar-refractivity contribution in [2.75, 3.05) is 6.54 Å². The Hall–Kier alpha value is -0.270. The van der Waals surface area contributed by atoms with Crippen LogP contribution >= 0.6 is 0 Å². The molecule has 1 aliphatic rings. The lowest BCUT2D eigenvalue weighted by molar-refractivity contribution is -0.788. The molecule has 0 aliphatic carbocycles. The van der Waals surface area contributed by atoms with E-state index in [9.17, 15) is 0 Å². The van der Waals surface area contributed by atoms with Crippen LogP contribution < -0.4 is 17.3 Å². The molecule has 1 atom stereocenters. The second-order valence-corrected chi connectivity index (χ2v) is 3.83. The lowest BCUT2D eigenvalue weighted by atomic mass is 10.2. The smallest absolute Gasteiger partial charge is 0.102 e. The largest absolute Gasteiger partial charge is 1.00 e. The predicted octanol–water partition coefficient (Wildman–Crippen LogP) is -0.723. The molecule has 82 valence electrons. The van der Waals surface area contributed by atoms with E-state index in [-0.39, 0.29) is 12.4 Å². The second-order valence-electron chi connectivity index (χ2n) is 3.83. The first-order valence-electron chi connectivity index (χ1n) is 5.61. The van der Waals surface area contributed by atoms with Crippen LogP contribution in [0.4, 0.5) is 0 Å². The standard InChI is InChI=1S/C12H21N.ClH/c1-3-5-6-9-13-10-8-12(11-13)7-4-2;/h8,10-11H,3-7,9H2,1-2H3;1H. The highest BCUT2D eigenvalue weighted by molar-refractivity contribution is 5.17. The van der Waals surface area contributed by atoms with Crippen molar-refractivity contribution in [1.29, 1.82) is 0 Å². The molecule has 0 bridgehead atoms. The van der Waals surface area contributed by atoms with Crippen LogP contribution in [-0.4, -0.2) is 6.54 Å². The van der Waals surface area contributed by atoms with Gasteiger partial charge in [0.25, 0.3) is 0 Å². The minimum Gasteiger partial charge on any atom is -1.00 e. The van der Waals surface area contributed by atoms with Gasteiger partial charge in [-0.15, -0.1) is 0 Å². The Morgan fingerprint density at radius 2 is 1.93 bits per heavy atom. The molecule has 1 rings (SSSR count). The molecule has 2 heteroatoms. The number of nitrogens with one attached hydrogen (secondary N) is 1. The maximum Gasteiger partial charge on any atom is 0.102 e. The fourth-order valence-corrected chi connectivity index (χ4v) is 1.73. The van der Waals surface area contributed by atoms with Gasteiger partial charge in [0.05, 0.1) is 12.7 Å². The Morgan fingerprint density at radius 1 is 1.14 bits per heavy atom. The maximum atomic E-state index is 2.37. The summed E-state index contributed by atoms with van der Waals surface area (Å²) in [7, 11) is 0. The van der Waals surface area contributed by atoms with Crippen LogP contribution in [0.1, 0.15) is 46.0 Å². The summed E-state index contributed by atoms with van der Waals surface area (Å²) in [6, 6.07) is 0. The van der Waals surface area contributed by atoms with E-state index in [0.29, 0.717) is 0 Å². The Labute approximate surface area is 94.3 Å². The van der Waals surface area contributed by atoms with Crippen molar-refractivity contribution >= 4 is 0 Å². The van der Waals surface area contributed by atoms with Crippen molar-refractivity contribution in [3.8, 4) is 0 Å². The van der Waals surface area contributed by atoms with Crippen LogP contribution in [0.3, 0.4) is 0 Å². The number of allylic oxidation sites excluding steroid dienone is 2. The molecule has 0 amide bonds. The third kappa shape index (κ3) is 4.83. The first-order chi connectivity index (χ1) is 6.36. The number of hydrogen-bond donors (Lipinski definition) is 1. The summed E-state index contributed by atoms with van der Waals surface area (Å²) >= 11 is 0. The summed E-state index contributed by atoms with van der Waals surface area (Å²) in [5.74, 6) is 0. The topological polar surface area (TPSA) is 4.44 Å². The molecule has 1 unspecified atom stereocenters. The van der Waals surface area contributed by atoms with Crippen molar-refractivity contribution in [3.05, 3.63) is 24.0 Å². The molecular weight excluding hydrogens is 194 g/mol. The third-order valence-electron chi connectivity index (χ3n) is 2.49. The zero-order chi connectivity index (χ0) is 9.52. The van der Waals surface area contributed by atoms with Crippen LogP contribution in [0.25, 0.3) is 0 Å². The third-order valence-corrected chi connectivity index (χ3v) is 2.49. The van der Waals surface area contributed by atoms with E-state index in [2.05, 4.69) is 32.3 Å². The second kappa shape index (κ2) is 8.07. The molecule has 0 saturated carbocycles. The quantitative estimate of drug-likeness (QED) is 0.558. The van der Waals surface area contributed by atoms with Crippen molar-refractivity contribution in [3.63, 3.8) is 0 Å². The van der Waals surface area contributed by atoms with Gasteiger partial charge in [0.1, 0.15) is 6.20 Å². The van der Waals surface area contributed by atoms with E-state index in [1.807, 2.05) is 0 Å². The van der Waals surface area contributed by atoms with Gasteiger partial charge in [-0.05, 0) is 19.3 Å². The lowest BCUT2D eigenvalue weighted by Gasteiger charge is -2.05. The van der Waals surface area contributed by atoms with Gasteiger partial charge in [-0.3, -0.25) is 4.90 Å². The molecule has 1 heterocycles. The molecule has 0 aromatic heterocycles. The molecule has 1 nitrogen and oxygen atoms in total. The number of quaternary nitrogens is 1. The van der Waals surface area contributed by atoms with Crippen LogP contribution in [0.15, 0.2) is 24.0 Å². The Balaban J connectivity index is 0.00000169. The predicted molar refractivity (Wildman–Crippen MR) is 57.5 cm³/mol. The van der Waals surface area contributed by atoms with Crippen LogP contribution in [0, 0.1) is 0 Å². The number of hydrogen-bond acceptors (Lipinski definition) is 0. The highest BCUT2D eigenvalue weighted by Gasteiger charge is 2.09. The molecular formula is C12H22ClN. The van der Waals surface area contributed by atoms with Gasteiger partial charge in [0.2, 0.25) is 0 Å². The van der Waals surface area contributed by atoms with E-state index in [0.717, 1.165) is 0 Å². The van der Waals surface area contributed by atoms with Crippen molar-refractivity contribution in [1.82, 2.24) is 0 Å². The molecule has 0 spiro atoms. The normalized spacial score (nSPS) is 19.3.